The number of rotatable bonds is 0. The fourth-order valence-electron chi connectivity index (χ4n) is 7.16. The Balaban J connectivity index is 1.79. The lowest BCUT2D eigenvalue weighted by Gasteiger charge is -2.63. The average Bonchev–Trinajstić information content (AvgIpc) is 2.78. The molecular weight excluding hydrogens is 312 g/mol. The van der Waals surface area contributed by atoms with E-state index in [9.17, 15) is 15.0 Å². The van der Waals surface area contributed by atoms with Gasteiger partial charge in [-0.1, -0.05) is 32.3 Å². The fraction of sp³-hybridized carbons (Fsp3) is 0.773. The number of aliphatic hydroxyl groups is 2. The van der Waals surface area contributed by atoms with Crippen molar-refractivity contribution < 1.29 is 15.0 Å². The molecular formula is C22H30O3. The van der Waals surface area contributed by atoms with E-state index in [0.29, 0.717) is 12.8 Å². The van der Waals surface area contributed by atoms with Crippen molar-refractivity contribution in [1.82, 2.24) is 0 Å². The van der Waals surface area contributed by atoms with Crippen molar-refractivity contribution in [3.8, 4) is 12.3 Å². The molecule has 2 N–H and O–H groups in total. The van der Waals surface area contributed by atoms with Gasteiger partial charge in [0.1, 0.15) is 5.60 Å². The summed E-state index contributed by atoms with van der Waals surface area (Å²) in [4.78, 5) is 11.9. The molecule has 3 fully saturated rings. The molecule has 7 atom stereocenters. The minimum atomic E-state index is -1.08. The van der Waals surface area contributed by atoms with E-state index in [4.69, 9.17) is 6.42 Å². The Kier molecular flexibility index (Phi) is 3.45. The van der Waals surface area contributed by atoms with E-state index in [0.717, 1.165) is 37.7 Å². The SMILES string of the molecule is C#C[C@]1(O)[C@@H](C)C[C@H]2[C@@H]3CCC4=CC(=O)CC[C@]4(C)[C@@]3(O)CC[C@@]21C. The zero-order chi connectivity index (χ0) is 18.3. The minimum absolute atomic E-state index is 0.0486. The van der Waals surface area contributed by atoms with Crippen molar-refractivity contribution in [2.75, 3.05) is 0 Å². The molecule has 0 spiro atoms. The number of terminal acetylenes is 1. The van der Waals surface area contributed by atoms with E-state index in [1.165, 1.54) is 0 Å². The first-order valence-electron chi connectivity index (χ1n) is 9.79. The van der Waals surface area contributed by atoms with Crippen LogP contribution in [-0.4, -0.2) is 27.2 Å². The smallest absolute Gasteiger partial charge is 0.155 e. The number of fused-ring (bicyclic) bond motifs is 5. The highest BCUT2D eigenvalue weighted by Crippen LogP contribution is 2.69. The molecule has 25 heavy (non-hydrogen) atoms. The quantitative estimate of drug-likeness (QED) is 0.665. The van der Waals surface area contributed by atoms with Crippen LogP contribution in [0.1, 0.15) is 65.7 Å². The van der Waals surface area contributed by atoms with Crippen LogP contribution in [0.25, 0.3) is 0 Å². The van der Waals surface area contributed by atoms with Gasteiger partial charge in [-0.25, -0.2) is 0 Å². The molecule has 3 heteroatoms. The molecule has 3 nitrogen and oxygen atoms in total. The van der Waals surface area contributed by atoms with Crippen molar-refractivity contribution in [3.63, 3.8) is 0 Å². The maximum absolute atomic E-state index is 11.9. The fourth-order valence-corrected chi connectivity index (χ4v) is 7.16. The molecule has 0 aromatic rings. The van der Waals surface area contributed by atoms with Crippen LogP contribution in [-0.2, 0) is 4.79 Å². The minimum Gasteiger partial charge on any atom is -0.389 e. The summed E-state index contributed by atoms with van der Waals surface area (Å²) in [6.07, 6.45) is 12.9. The van der Waals surface area contributed by atoms with Crippen LogP contribution in [0.5, 0.6) is 0 Å². The maximum atomic E-state index is 11.9. The molecule has 0 bridgehead atoms. The number of ketones is 1. The van der Waals surface area contributed by atoms with Crippen LogP contribution in [0.3, 0.4) is 0 Å². The molecule has 4 aliphatic carbocycles. The van der Waals surface area contributed by atoms with Gasteiger partial charge in [0.25, 0.3) is 0 Å². The van der Waals surface area contributed by atoms with Gasteiger partial charge in [-0.15, -0.1) is 6.42 Å². The predicted molar refractivity (Wildman–Crippen MR) is 96.5 cm³/mol. The van der Waals surface area contributed by atoms with Crippen molar-refractivity contribution in [3.05, 3.63) is 11.6 Å². The van der Waals surface area contributed by atoms with E-state index < -0.39 is 11.2 Å². The molecule has 136 valence electrons. The van der Waals surface area contributed by atoms with Gasteiger partial charge in [-0.3, -0.25) is 4.79 Å². The van der Waals surface area contributed by atoms with Gasteiger partial charge in [0.05, 0.1) is 5.60 Å². The molecule has 0 aromatic heterocycles. The summed E-state index contributed by atoms with van der Waals surface area (Å²) < 4.78 is 0. The van der Waals surface area contributed by atoms with Gasteiger partial charge < -0.3 is 10.2 Å². The van der Waals surface area contributed by atoms with E-state index in [1.807, 2.05) is 0 Å². The zero-order valence-electron chi connectivity index (χ0n) is 15.6. The van der Waals surface area contributed by atoms with E-state index in [1.54, 1.807) is 6.08 Å². The molecule has 4 rings (SSSR count). The number of hydrogen-bond donors (Lipinski definition) is 2. The summed E-state index contributed by atoms with van der Waals surface area (Å²) in [5.74, 6) is 3.36. The average molecular weight is 342 g/mol. The lowest BCUT2D eigenvalue weighted by Crippen LogP contribution is -2.64. The molecule has 0 heterocycles. The Hall–Kier alpha value is -1.11. The van der Waals surface area contributed by atoms with Gasteiger partial charge in [0, 0.05) is 17.3 Å². The van der Waals surface area contributed by atoms with Crippen molar-refractivity contribution >= 4 is 5.78 Å². The predicted octanol–water partition coefficient (Wildman–Crippen LogP) is 3.24. The van der Waals surface area contributed by atoms with E-state index in [2.05, 4.69) is 26.7 Å². The Morgan fingerprint density at radius 2 is 1.88 bits per heavy atom. The second-order valence-corrected chi connectivity index (χ2v) is 9.61. The number of carbonyl (C=O) groups is 1. The summed E-state index contributed by atoms with van der Waals surface area (Å²) in [6, 6.07) is 0. The highest BCUT2D eigenvalue weighted by atomic mass is 16.3. The van der Waals surface area contributed by atoms with Gasteiger partial charge in [-0.2, -0.15) is 0 Å². The largest absolute Gasteiger partial charge is 0.389 e. The Morgan fingerprint density at radius 3 is 2.56 bits per heavy atom. The molecule has 0 unspecified atom stereocenters. The van der Waals surface area contributed by atoms with E-state index >= 15 is 0 Å². The van der Waals surface area contributed by atoms with E-state index in [-0.39, 0.29) is 34.4 Å². The van der Waals surface area contributed by atoms with Gasteiger partial charge >= 0.3 is 0 Å². The lowest BCUT2D eigenvalue weighted by molar-refractivity contribution is -0.203. The second-order valence-electron chi connectivity index (χ2n) is 9.61. The van der Waals surface area contributed by atoms with Crippen LogP contribution < -0.4 is 0 Å². The third kappa shape index (κ3) is 1.83. The van der Waals surface area contributed by atoms with Crippen LogP contribution in [0.4, 0.5) is 0 Å². The van der Waals surface area contributed by atoms with Gasteiger partial charge in [0.2, 0.25) is 0 Å². The number of carbonyl (C=O) groups excluding carboxylic acids is 1. The van der Waals surface area contributed by atoms with Crippen LogP contribution in [0, 0.1) is 40.9 Å². The maximum Gasteiger partial charge on any atom is 0.155 e. The highest BCUT2D eigenvalue weighted by molar-refractivity contribution is 5.91. The summed E-state index contributed by atoms with van der Waals surface area (Å²) in [7, 11) is 0. The topological polar surface area (TPSA) is 57.5 Å². The molecule has 0 amide bonds. The first-order chi connectivity index (χ1) is 11.6. The molecule has 0 radical (unpaired) electrons. The van der Waals surface area contributed by atoms with Crippen LogP contribution in [0.2, 0.25) is 0 Å². The third-order valence-corrected chi connectivity index (χ3v) is 8.95. The van der Waals surface area contributed by atoms with Crippen molar-refractivity contribution in [2.24, 2.45) is 28.6 Å². The highest BCUT2D eigenvalue weighted by Gasteiger charge is 2.70. The standard InChI is InChI=1S/C22H30O3/c1-5-21(24)14(2)12-18-17-7-6-15-13-16(23)8-9-19(15,3)22(17,25)11-10-20(18,21)4/h1,13-14,17-18,24-25H,6-12H2,2-4H3/t14-,17-,18-,19-,20-,21-,22+/m0/s1. The normalized spacial score (nSPS) is 54.8. The summed E-state index contributed by atoms with van der Waals surface area (Å²) in [5.41, 5.74) is -1.38. The van der Waals surface area contributed by atoms with Gasteiger partial charge in [-0.05, 0) is 62.4 Å². The Morgan fingerprint density at radius 1 is 1.16 bits per heavy atom. The second kappa shape index (κ2) is 4.99. The lowest BCUT2D eigenvalue weighted by atomic mass is 9.44. The molecule has 0 aromatic carbocycles. The monoisotopic (exact) mass is 342 g/mol. The van der Waals surface area contributed by atoms with Crippen molar-refractivity contribution in [1.29, 1.82) is 0 Å². The Labute approximate surface area is 150 Å². The van der Waals surface area contributed by atoms with Crippen molar-refractivity contribution in [2.45, 2.75) is 76.9 Å². The van der Waals surface area contributed by atoms with Gasteiger partial charge in [0.15, 0.2) is 5.78 Å². The molecule has 0 saturated heterocycles. The first-order valence-corrected chi connectivity index (χ1v) is 9.79. The first kappa shape index (κ1) is 17.3. The Bertz CT molecular complexity index is 703. The third-order valence-electron chi connectivity index (χ3n) is 8.95. The zero-order valence-corrected chi connectivity index (χ0v) is 15.6. The van der Waals surface area contributed by atoms with Crippen LogP contribution in [0.15, 0.2) is 11.6 Å². The molecule has 3 saturated carbocycles. The summed E-state index contributed by atoms with van der Waals surface area (Å²) >= 11 is 0. The summed E-state index contributed by atoms with van der Waals surface area (Å²) in [5, 5.41) is 23.2. The molecule has 0 aliphatic heterocycles. The summed E-state index contributed by atoms with van der Waals surface area (Å²) in [6.45, 7) is 6.35. The molecule has 4 aliphatic rings. The number of hydrogen-bond acceptors (Lipinski definition) is 3. The van der Waals surface area contributed by atoms with Crippen LogP contribution >= 0.6 is 0 Å².